The van der Waals surface area contributed by atoms with E-state index in [1.807, 2.05) is 0 Å². The van der Waals surface area contributed by atoms with Crippen LogP contribution in [0.2, 0.25) is 0 Å². The number of hydrogen-bond donors (Lipinski definition) is 2. The Labute approximate surface area is 121 Å². The summed E-state index contributed by atoms with van der Waals surface area (Å²) in [5.41, 5.74) is 4.72. The van der Waals surface area contributed by atoms with E-state index in [0.29, 0.717) is 12.8 Å². The van der Waals surface area contributed by atoms with Crippen LogP contribution in [0.15, 0.2) is 5.10 Å². The zero-order valence-electron chi connectivity index (χ0n) is 12.2. The zero-order valence-corrected chi connectivity index (χ0v) is 12.2. The first-order valence-electron chi connectivity index (χ1n) is 6.39. The second-order valence-corrected chi connectivity index (χ2v) is 5.53. The third-order valence-electron chi connectivity index (χ3n) is 2.59. The highest BCUT2D eigenvalue weighted by Crippen LogP contribution is 2.13. The third kappa shape index (κ3) is 5.24. The van der Waals surface area contributed by atoms with Crippen molar-refractivity contribution < 1.29 is 19.4 Å². The van der Waals surface area contributed by atoms with Crippen LogP contribution in [0.25, 0.3) is 0 Å². The van der Waals surface area contributed by atoms with Gasteiger partial charge >= 0.3 is 6.09 Å². The maximum atomic E-state index is 12.1. The molecule has 1 heterocycles. The molecule has 118 valence electrons. The highest BCUT2D eigenvalue weighted by Gasteiger charge is 2.33. The first-order chi connectivity index (χ1) is 9.60. The number of nitrogens with zero attached hydrogens (tertiary/aromatic N) is 3. The Balaban J connectivity index is 2.71. The summed E-state index contributed by atoms with van der Waals surface area (Å²) in [6, 6.07) is -0.839. The van der Waals surface area contributed by atoms with Gasteiger partial charge in [-0.15, -0.1) is 0 Å². The second-order valence-electron chi connectivity index (χ2n) is 5.53. The molecule has 0 aliphatic carbocycles. The Morgan fingerprint density at radius 2 is 2.19 bits per heavy atom. The Morgan fingerprint density at radius 3 is 2.71 bits per heavy atom. The molecule has 1 fully saturated rings. The smallest absolute Gasteiger partial charge is 0.408 e. The van der Waals surface area contributed by atoms with E-state index >= 15 is 0 Å². The van der Waals surface area contributed by atoms with Gasteiger partial charge in [0.1, 0.15) is 16.7 Å². The molecule has 0 spiro atoms. The number of nitro groups is 1. The predicted octanol–water partition coefficient (Wildman–Crippen LogP) is 0.00850. The molecule has 0 radical (unpaired) electrons. The molecule has 1 saturated heterocycles. The molecule has 0 saturated carbocycles. The first-order valence-corrected chi connectivity index (χ1v) is 6.39. The van der Waals surface area contributed by atoms with Crippen LogP contribution >= 0.6 is 0 Å². The number of amides is 2. The molecular formula is C11H19N5O5. The molecule has 0 unspecified atom stereocenters. The molecule has 3 N–H and O–H groups in total. The van der Waals surface area contributed by atoms with Crippen molar-refractivity contribution in [2.75, 3.05) is 6.54 Å². The standard InChI is InChI=1S/C11H19N5O5/c1-11(2,3)21-10(18)13-7-5-4-6-15(8(7)17)9(12)14-16(19)20/h7H,4-6H2,1-3H3,(H2,12,14)(H,13,18)/t7-/m0/s1. The molecular weight excluding hydrogens is 282 g/mol. The highest BCUT2D eigenvalue weighted by molar-refractivity contribution is 5.99. The lowest BCUT2D eigenvalue weighted by atomic mass is 10.1. The number of guanidine groups is 1. The van der Waals surface area contributed by atoms with Crippen molar-refractivity contribution in [1.29, 1.82) is 0 Å². The van der Waals surface area contributed by atoms with Crippen LogP contribution in [0.4, 0.5) is 4.79 Å². The maximum Gasteiger partial charge on any atom is 0.408 e. The number of piperidine rings is 1. The summed E-state index contributed by atoms with van der Waals surface area (Å²) < 4.78 is 5.06. The minimum atomic E-state index is -0.979. The topological polar surface area (TPSA) is 140 Å². The van der Waals surface area contributed by atoms with Gasteiger partial charge in [-0.1, -0.05) is 0 Å². The van der Waals surface area contributed by atoms with E-state index in [0.717, 1.165) is 4.90 Å². The summed E-state index contributed by atoms with van der Waals surface area (Å²) in [7, 11) is 0. The Bertz CT molecular complexity index is 470. The normalized spacial score (nSPS) is 20.1. The number of nitrogens with two attached hydrogens (primary N) is 1. The van der Waals surface area contributed by atoms with Gasteiger partial charge in [-0.05, 0) is 33.6 Å². The van der Waals surface area contributed by atoms with Crippen LogP contribution in [0.1, 0.15) is 33.6 Å². The van der Waals surface area contributed by atoms with Gasteiger partial charge in [-0.25, -0.2) is 14.9 Å². The van der Waals surface area contributed by atoms with Crippen LogP contribution in [0, 0.1) is 10.1 Å². The molecule has 0 aromatic carbocycles. The van der Waals surface area contributed by atoms with E-state index in [1.165, 1.54) is 0 Å². The van der Waals surface area contributed by atoms with Gasteiger partial charge in [0, 0.05) is 6.54 Å². The minimum absolute atomic E-state index is 0.217. The summed E-state index contributed by atoms with van der Waals surface area (Å²) in [6.07, 6.45) is 0.202. The Kier molecular flexibility index (Phi) is 5.06. The summed E-state index contributed by atoms with van der Waals surface area (Å²) in [5, 5.41) is 14.6. The van der Waals surface area contributed by atoms with Crippen LogP contribution in [0.5, 0.6) is 0 Å². The molecule has 10 heteroatoms. The van der Waals surface area contributed by atoms with Gasteiger partial charge in [0.05, 0.1) is 0 Å². The van der Waals surface area contributed by atoms with E-state index in [1.54, 1.807) is 20.8 Å². The van der Waals surface area contributed by atoms with Crippen molar-refractivity contribution in [3.8, 4) is 0 Å². The van der Waals surface area contributed by atoms with E-state index in [9.17, 15) is 19.7 Å². The van der Waals surface area contributed by atoms with Crippen molar-refractivity contribution >= 4 is 18.0 Å². The van der Waals surface area contributed by atoms with Crippen LogP contribution in [0.3, 0.4) is 0 Å². The molecule has 0 aromatic rings. The molecule has 1 atom stereocenters. The van der Waals surface area contributed by atoms with E-state index < -0.39 is 34.6 Å². The van der Waals surface area contributed by atoms with Gasteiger partial charge in [0.15, 0.2) is 5.03 Å². The first kappa shape index (κ1) is 16.7. The Hall–Kier alpha value is -2.39. The number of alkyl carbamates (subject to hydrolysis) is 1. The zero-order chi connectivity index (χ0) is 16.2. The van der Waals surface area contributed by atoms with Gasteiger partial charge in [0.25, 0.3) is 11.9 Å². The van der Waals surface area contributed by atoms with Crippen LogP contribution < -0.4 is 11.1 Å². The molecule has 0 aromatic heterocycles. The van der Waals surface area contributed by atoms with Gasteiger partial charge < -0.3 is 15.8 Å². The SMILES string of the molecule is CC(C)(C)OC(=O)N[C@H]1CCCN(/C(N)=N/[N+](=O)[O-])C1=O. The molecule has 0 bridgehead atoms. The second kappa shape index (κ2) is 6.37. The summed E-state index contributed by atoms with van der Waals surface area (Å²) >= 11 is 0. The van der Waals surface area contributed by atoms with Gasteiger partial charge in [0.2, 0.25) is 0 Å². The predicted molar refractivity (Wildman–Crippen MR) is 72.7 cm³/mol. The third-order valence-corrected chi connectivity index (χ3v) is 2.59. The fraction of sp³-hybridized carbons (Fsp3) is 0.727. The van der Waals surface area contributed by atoms with Crippen molar-refractivity contribution in [3.05, 3.63) is 10.1 Å². The number of hydrazone groups is 1. The quantitative estimate of drug-likeness (QED) is 0.318. The van der Waals surface area contributed by atoms with Gasteiger partial charge in [-0.3, -0.25) is 9.69 Å². The molecule has 1 aliphatic rings. The number of nitrogens with one attached hydrogen (secondary N) is 1. The molecule has 1 rings (SSSR count). The molecule has 1 aliphatic heterocycles. The number of rotatable bonds is 2. The number of likely N-dealkylation sites (tertiary alicyclic amines) is 1. The largest absolute Gasteiger partial charge is 0.444 e. The lowest BCUT2D eigenvalue weighted by Gasteiger charge is -2.31. The minimum Gasteiger partial charge on any atom is -0.444 e. The number of carbonyl (C=O) groups excluding carboxylic acids is 2. The van der Waals surface area contributed by atoms with E-state index in [-0.39, 0.29) is 6.54 Å². The average molecular weight is 301 g/mol. The lowest BCUT2D eigenvalue weighted by Crippen LogP contribution is -2.56. The summed E-state index contributed by atoms with van der Waals surface area (Å²) in [4.78, 5) is 35.0. The van der Waals surface area contributed by atoms with Crippen molar-refractivity contribution in [2.45, 2.75) is 45.3 Å². The summed E-state index contributed by atoms with van der Waals surface area (Å²) in [5.74, 6) is -1.05. The summed E-state index contributed by atoms with van der Waals surface area (Å²) in [6.45, 7) is 5.31. The number of ether oxygens (including phenoxy) is 1. The number of carbonyl (C=O) groups is 2. The average Bonchev–Trinajstić information content (AvgIpc) is 2.28. The maximum absolute atomic E-state index is 12.1. The Morgan fingerprint density at radius 1 is 1.57 bits per heavy atom. The van der Waals surface area contributed by atoms with Crippen LogP contribution in [-0.4, -0.2) is 46.1 Å². The molecule has 21 heavy (non-hydrogen) atoms. The van der Waals surface area contributed by atoms with Crippen molar-refractivity contribution in [3.63, 3.8) is 0 Å². The highest BCUT2D eigenvalue weighted by atomic mass is 16.7. The lowest BCUT2D eigenvalue weighted by molar-refractivity contribution is -0.485. The fourth-order valence-electron chi connectivity index (χ4n) is 1.82. The number of hydrogen-bond acceptors (Lipinski definition) is 5. The van der Waals surface area contributed by atoms with Crippen LogP contribution in [-0.2, 0) is 9.53 Å². The van der Waals surface area contributed by atoms with Crippen molar-refractivity contribution in [2.24, 2.45) is 10.8 Å². The van der Waals surface area contributed by atoms with E-state index in [4.69, 9.17) is 10.5 Å². The molecule has 10 nitrogen and oxygen atoms in total. The van der Waals surface area contributed by atoms with Crippen molar-refractivity contribution in [1.82, 2.24) is 10.2 Å². The monoisotopic (exact) mass is 301 g/mol. The van der Waals surface area contributed by atoms with E-state index in [2.05, 4.69) is 10.4 Å². The fourth-order valence-corrected chi connectivity index (χ4v) is 1.82. The molecule has 2 amide bonds. The van der Waals surface area contributed by atoms with Gasteiger partial charge in [-0.2, -0.15) is 0 Å².